The molecule has 1 heterocycles. The van der Waals surface area contributed by atoms with Gasteiger partial charge in [-0.2, -0.15) is 0 Å². The fraction of sp³-hybridized carbons (Fsp3) is 0.480. The zero-order chi connectivity index (χ0) is 22.3. The Morgan fingerprint density at radius 3 is 2.55 bits per heavy atom. The number of hydrogen-bond acceptors (Lipinski definition) is 4. The van der Waals surface area contributed by atoms with Gasteiger partial charge in [0.2, 0.25) is 0 Å². The van der Waals surface area contributed by atoms with Gasteiger partial charge in [0.1, 0.15) is 23.3 Å². The molecule has 4 atom stereocenters. The van der Waals surface area contributed by atoms with Gasteiger partial charge in [0.15, 0.2) is 0 Å². The summed E-state index contributed by atoms with van der Waals surface area (Å²) < 4.78 is 26.2. The van der Waals surface area contributed by atoms with Crippen molar-refractivity contribution in [3.8, 4) is 5.75 Å². The van der Waals surface area contributed by atoms with Gasteiger partial charge in [-0.3, -0.25) is 4.90 Å². The molecular formula is C25H29ClFNO3. The summed E-state index contributed by atoms with van der Waals surface area (Å²) >= 11 is 6.38. The highest BCUT2D eigenvalue weighted by Gasteiger charge is 2.48. The number of carbonyl (C=O) groups excluding carboxylic acids is 1. The van der Waals surface area contributed by atoms with Crippen LogP contribution in [0.3, 0.4) is 0 Å². The molecule has 4 nitrogen and oxygen atoms in total. The fourth-order valence-corrected chi connectivity index (χ4v) is 4.98. The number of nitrogens with zero attached hydrogens (tertiary/aromatic N) is 1. The second-order valence-electron chi connectivity index (χ2n) is 9.61. The number of halogens is 2. The van der Waals surface area contributed by atoms with Crippen LogP contribution in [-0.2, 0) is 4.74 Å². The number of hydrogen-bond donors (Lipinski definition) is 0. The number of likely N-dealkylation sites (tertiary alicyclic amines) is 1. The first kappa shape index (κ1) is 22.1. The molecule has 0 aromatic heterocycles. The third-order valence-corrected chi connectivity index (χ3v) is 6.46. The number of esters is 1. The molecule has 0 N–H and O–H groups in total. The van der Waals surface area contributed by atoms with Crippen LogP contribution in [0.25, 0.3) is 0 Å². The van der Waals surface area contributed by atoms with E-state index < -0.39 is 17.4 Å². The van der Waals surface area contributed by atoms with Crippen molar-refractivity contribution in [2.24, 2.45) is 5.92 Å². The molecule has 1 aliphatic carbocycles. The number of carbonyl (C=O) groups is 1. The highest BCUT2D eigenvalue weighted by molar-refractivity contribution is 6.32. The van der Waals surface area contributed by atoms with Crippen molar-refractivity contribution in [2.75, 3.05) is 6.54 Å². The maximum absolute atomic E-state index is 14.7. The summed E-state index contributed by atoms with van der Waals surface area (Å²) in [6.07, 6.45) is 1.93. The maximum atomic E-state index is 14.7. The topological polar surface area (TPSA) is 38.8 Å². The second kappa shape index (κ2) is 8.44. The third-order valence-electron chi connectivity index (χ3n) is 6.16. The molecule has 2 aromatic carbocycles. The van der Waals surface area contributed by atoms with E-state index in [4.69, 9.17) is 21.1 Å². The first-order chi connectivity index (χ1) is 14.6. The number of benzene rings is 2. The predicted octanol–water partition coefficient (Wildman–Crippen LogP) is 6.04. The van der Waals surface area contributed by atoms with Gasteiger partial charge in [0.05, 0.1) is 10.6 Å². The molecular weight excluding hydrogens is 417 g/mol. The van der Waals surface area contributed by atoms with Crippen LogP contribution >= 0.6 is 11.6 Å². The van der Waals surface area contributed by atoms with Crippen molar-refractivity contribution in [3.63, 3.8) is 0 Å². The van der Waals surface area contributed by atoms with Gasteiger partial charge in [-0.05, 0) is 58.1 Å². The summed E-state index contributed by atoms with van der Waals surface area (Å²) in [7, 11) is 0. The molecule has 1 saturated carbocycles. The quantitative estimate of drug-likeness (QED) is 0.526. The van der Waals surface area contributed by atoms with Crippen molar-refractivity contribution < 1.29 is 18.7 Å². The van der Waals surface area contributed by atoms with Gasteiger partial charge >= 0.3 is 5.97 Å². The molecule has 31 heavy (non-hydrogen) atoms. The van der Waals surface area contributed by atoms with Crippen molar-refractivity contribution in [1.82, 2.24) is 4.90 Å². The molecule has 166 valence electrons. The fourth-order valence-electron chi connectivity index (χ4n) is 4.77. The Balaban J connectivity index is 1.49. The summed E-state index contributed by atoms with van der Waals surface area (Å²) in [6.45, 7) is 8.47. The molecule has 2 fully saturated rings. The summed E-state index contributed by atoms with van der Waals surface area (Å²) in [5.74, 6) is -0.588. The summed E-state index contributed by atoms with van der Waals surface area (Å²) in [6, 6.07) is 13.5. The summed E-state index contributed by atoms with van der Waals surface area (Å²) in [5.41, 5.74) is 0.381. The minimum Gasteiger partial charge on any atom is -0.487 e. The predicted molar refractivity (Wildman–Crippen MR) is 119 cm³/mol. The lowest BCUT2D eigenvalue weighted by atomic mass is 10.0. The van der Waals surface area contributed by atoms with Gasteiger partial charge in [0.25, 0.3) is 0 Å². The van der Waals surface area contributed by atoms with Gasteiger partial charge in [-0.15, -0.1) is 0 Å². The molecule has 0 spiro atoms. The molecule has 4 rings (SSSR count). The number of rotatable bonds is 5. The van der Waals surface area contributed by atoms with Crippen LogP contribution in [0.4, 0.5) is 4.39 Å². The Labute approximate surface area is 188 Å². The average Bonchev–Trinajstić information content (AvgIpc) is 3.29. The molecule has 2 aliphatic rings. The highest BCUT2D eigenvalue weighted by Crippen LogP contribution is 2.44. The number of fused-ring (bicyclic) bond motifs is 2. The minimum atomic E-state index is -0.735. The number of ether oxygens (including phenoxy) is 2. The van der Waals surface area contributed by atoms with Crippen LogP contribution in [0.15, 0.2) is 42.5 Å². The van der Waals surface area contributed by atoms with Gasteiger partial charge in [-0.1, -0.05) is 41.9 Å². The van der Waals surface area contributed by atoms with E-state index in [0.29, 0.717) is 5.92 Å². The first-order valence-electron chi connectivity index (χ1n) is 10.8. The number of piperidine rings is 1. The Bertz CT molecular complexity index is 959. The zero-order valence-electron chi connectivity index (χ0n) is 18.4. The lowest BCUT2D eigenvalue weighted by Crippen LogP contribution is -2.45. The van der Waals surface area contributed by atoms with Crippen LogP contribution in [0, 0.1) is 11.7 Å². The minimum absolute atomic E-state index is 0.0609. The lowest BCUT2D eigenvalue weighted by molar-refractivity contribution is 0.00645. The SMILES string of the molecule is CC(c1ccccc1)N1C[C@H]2C[C@@H]1[C@H](Oc1cc(F)c(C(=O)OC(C)(C)C)cc1Cl)C2. The average molecular weight is 446 g/mol. The van der Waals surface area contributed by atoms with Crippen molar-refractivity contribution in [3.05, 3.63) is 64.4 Å². The van der Waals surface area contributed by atoms with Gasteiger partial charge in [0, 0.05) is 24.7 Å². The van der Waals surface area contributed by atoms with Crippen LogP contribution in [0.5, 0.6) is 5.75 Å². The van der Waals surface area contributed by atoms with E-state index in [1.807, 2.05) is 6.07 Å². The standard InChI is InChI=1S/C25H29ClFNO3/c1-15(17-8-6-5-7-9-17)28-14-16-10-21(28)23(11-16)30-22-13-20(27)18(12-19(22)26)24(29)31-25(2,3)4/h5-9,12-13,15-16,21,23H,10-11,14H2,1-4H3/t15?,16-,21+,23+/m0/s1. The molecule has 1 aliphatic heterocycles. The van der Waals surface area contributed by atoms with Crippen molar-refractivity contribution in [2.45, 2.75) is 64.3 Å². The van der Waals surface area contributed by atoms with E-state index in [2.05, 4.69) is 36.1 Å². The second-order valence-corrected chi connectivity index (χ2v) is 10.0. The Morgan fingerprint density at radius 2 is 1.90 bits per heavy atom. The van der Waals surface area contributed by atoms with Gasteiger partial charge < -0.3 is 9.47 Å². The highest BCUT2D eigenvalue weighted by atomic mass is 35.5. The van der Waals surface area contributed by atoms with Crippen molar-refractivity contribution in [1.29, 1.82) is 0 Å². The van der Waals surface area contributed by atoms with Crippen LogP contribution < -0.4 is 4.74 Å². The zero-order valence-corrected chi connectivity index (χ0v) is 19.2. The Hall–Kier alpha value is -2.11. The summed E-state index contributed by atoms with van der Waals surface area (Å²) in [4.78, 5) is 14.8. The largest absolute Gasteiger partial charge is 0.487 e. The smallest absolute Gasteiger partial charge is 0.341 e. The van der Waals surface area contributed by atoms with Crippen molar-refractivity contribution >= 4 is 17.6 Å². The third kappa shape index (κ3) is 4.73. The van der Waals surface area contributed by atoms with Crippen LogP contribution in [0.2, 0.25) is 5.02 Å². The van der Waals surface area contributed by atoms with E-state index in [1.165, 1.54) is 17.7 Å². The monoisotopic (exact) mass is 445 g/mol. The first-order valence-corrected chi connectivity index (χ1v) is 11.2. The van der Waals surface area contributed by atoms with E-state index >= 15 is 0 Å². The molecule has 1 saturated heterocycles. The normalized spacial score (nSPS) is 24.3. The van der Waals surface area contributed by atoms with Crippen LogP contribution in [0.1, 0.15) is 62.5 Å². The van der Waals surface area contributed by atoms with E-state index in [0.717, 1.165) is 19.4 Å². The molecule has 2 aromatic rings. The maximum Gasteiger partial charge on any atom is 0.341 e. The Morgan fingerprint density at radius 1 is 1.19 bits per heavy atom. The molecule has 1 unspecified atom stereocenters. The summed E-state index contributed by atoms with van der Waals surface area (Å²) in [5, 5.41) is 0.215. The Kier molecular flexibility index (Phi) is 6.01. The lowest BCUT2D eigenvalue weighted by Gasteiger charge is -2.37. The molecule has 0 radical (unpaired) electrons. The molecule has 0 amide bonds. The van der Waals surface area contributed by atoms with E-state index in [-0.39, 0.29) is 34.5 Å². The van der Waals surface area contributed by atoms with Crippen LogP contribution in [-0.4, -0.2) is 35.2 Å². The van der Waals surface area contributed by atoms with E-state index in [1.54, 1.807) is 20.8 Å². The molecule has 2 bridgehead atoms. The van der Waals surface area contributed by atoms with E-state index in [9.17, 15) is 9.18 Å². The molecule has 6 heteroatoms. The van der Waals surface area contributed by atoms with Gasteiger partial charge in [-0.25, -0.2) is 9.18 Å².